The van der Waals surface area contributed by atoms with Crippen molar-refractivity contribution in [3.05, 3.63) is 59.4 Å². The number of hydrogen-bond acceptors (Lipinski definition) is 2. The van der Waals surface area contributed by atoms with Gasteiger partial charge >= 0.3 is 5.97 Å². The van der Waals surface area contributed by atoms with Gasteiger partial charge in [-0.25, -0.2) is 9.18 Å². The molecule has 2 N–H and O–H groups in total. The van der Waals surface area contributed by atoms with Gasteiger partial charge in [0.2, 0.25) is 0 Å². The molecule has 0 atom stereocenters. The molecular weight excluding hydrogens is 273 g/mol. The van der Waals surface area contributed by atoms with Crippen LogP contribution in [0.2, 0.25) is 0 Å². The molecule has 0 saturated heterocycles. The van der Waals surface area contributed by atoms with Crippen molar-refractivity contribution in [1.82, 2.24) is 5.32 Å². The minimum absolute atomic E-state index is 0.00977. The first kappa shape index (κ1) is 14.7. The monoisotopic (exact) mass is 287 g/mol. The number of aromatic carboxylic acids is 1. The zero-order valence-electron chi connectivity index (χ0n) is 11.4. The fourth-order valence-electron chi connectivity index (χ4n) is 2.03. The molecular formula is C16H14FNO3. The molecule has 21 heavy (non-hydrogen) atoms. The second-order valence-electron chi connectivity index (χ2n) is 4.44. The van der Waals surface area contributed by atoms with E-state index >= 15 is 0 Å². The first-order chi connectivity index (χ1) is 10.0. The van der Waals surface area contributed by atoms with Crippen molar-refractivity contribution >= 4 is 11.9 Å². The van der Waals surface area contributed by atoms with E-state index in [9.17, 15) is 19.1 Å². The predicted octanol–water partition coefficient (Wildman–Crippen LogP) is 2.94. The second kappa shape index (κ2) is 6.17. The van der Waals surface area contributed by atoms with E-state index < -0.39 is 11.8 Å². The van der Waals surface area contributed by atoms with Gasteiger partial charge in [0.1, 0.15) is 5.82 Å². The smallest absolute Gasteiger partial charge is 0.336 e. The fourth-order valence-corrected chi connectivity index (χ4v) is 2.03. The lowest BCUT2D eigenvalue weighted by Gasteiger charge is -2.09. The Hall–Kier alpha value is -2.69. The number of carbonyl (C=O) groups is 2. The van der Waals surface area contributed by atoms with E-state index in [2.05, 4.69) is 5.32 Å². The third-order valence-corrected chi connectivity index (χ3v) is 2.99. The average Bonchev–Trinajstić information content (AvgIpc) is 2.47. The summed E-state index contributed by atoms with van der Waals surface area (Å²) in [4.78, 5) is 23.0. The van der Waals surface area contributed by atoms with Gasteiger partial charge in [-0.2, -0.15) is 0 Å². The van der Waals surface area contributed by atoms with Crippen molar-refractivity contribution < 1.29 is 19.1 Å². The lowest BCUT2D eigenvalue weighted by atomic mass is 9.97. The van der Waals surface area contributed by atoms with E-state index in [1.807, 2.05) is 0 Å². The molecule has 1 amide bonds. The Bertz CT molecular complexity index is 698. The molecule has 0 fully saturated rings. The van der Waals surface area contributed by atoms with Gasteiger partial charge in [0, 0.05) is 12.1 Å². The number of rotatable bonds is 4. The van der Waals surface area contributed by atoms with E-state index in [0.29, 0.717) is 17.7 Å². The molecule has 0 aliphatic carbocycles. The molecule has 0 spiro atoms. The summed E-state index contributed by atoms with van der Waals surface area (Å²) < 4.78 is 13.4. The van der Waals surface area contributed by atoms with Crippen molar-refractivity contribution in [2.75, 3.05) is 6.54 Å². The molecule has 0 bridgehead atoms. The van der Waals surface area contributed by atoms with Gasteiger partial charge in [0.15, 0.2) is 0 Å². The summed E-state index contributed by atoms with van der Waals surface area (Å²) in [6.45, 7) is 2.29. The van der Waals surface area contributed by atoms with Crippen LogP contribution in [0.25, 0.3) is 11.1 Å². The Labute approximate surface area is 121 Å². The van der Waals surface area contributed by atoms with Gasteiger partial charge < -0.3 is 10.4 Å². The highest BCUT2D eigenvalue weighted by atomic mass is 19.1. The zero-order valence-corrected chi connectivity index (χ0v) is 11.4. The summed E-state index contributed by atoms with van der Waals surface area (Å²) >= 11 is 0. The Morgan fingerprint density at radius 1 is 1.19 bits per heavy atom. The van der Waals surface area contributed by atoms with Crippen molar-refractivity contribution in [2.45, 2.75) is 6.92 Å². The predicted molar refractivity (Wildman–Crippen MR) is 76.8 cm³/mol. The van der Waals surface area contributed by atoms with E-state index in [0.717, 1.165) is 12.1 Å². The number of hydrogen-bond donors (Lipinski definition) is 2. The topological polar surface area (TPSA) is 66.4 Å². The highest BCUT2D eigenvalue weighted by Crippen LogP contribution is 2.25. The summed E-state index contributed by atoms with van der Waals surface area (Å²) in [6.07, 6.45) is 0. The normalized spacial score (nSPS) is 10.2. The van der Waals surface area contributed by atoms with Crippen LogP contribution in [0.3, 0.4) is 0 Å². The number of carbonyl (C=O) groups excluding carboxylic acids is 1. The van der Waals surface area contributed by atoms with Gasteiger partial charge in [0.05, 0.1) is 5.56 Å². The second-order valence-corrected chi connectivity index (χ2v) is 4.44. The van der Waals surface area contributed by atoms with Gasteiger partial charge in [-0.1, -0.05) is 12.1 Å². The fraction of sp³-hybridized carbons (Fsp3) is 0.125. The molecule has 108 valence electrons. The molecule has 2 rings (SSSR count). The van der Waals surface area contributed by atoms with Crippen LogP contribution < -0.4 is 5.32 Å². The molecule has 0 aromatic heterocycles. The number of carboxylic acids is 1. The maximum absolute atomic E-state index is 13.4. The summed E-state index contributed by atoms with van der Waals surface area (Å²) in [5, 5.41) is 11.8. The van der Waals surface area contributed by atoms with Crippen LogP contribution in [0.15, 0.2) is 42.5 Å². The Morgan fingerprint density at radius 3 is 2.62 bits per heavy atom. The lowest BCUT2D eigenvalue weighted by Crippen LogP contribution is -2.22. The minimum atomic E-state index is -1.14. The molecule has 0 aliphatic heterocycles. The molecule has 0 aliphatic rings. The highest BCUT2D eigenvalue weighted by Gasteiger charge is 2.14. The van der Waals surface area contributed by atoms with Crippen molar-refractivity contribution in [1.29, 1.82) is 0 Å². The summed E-state index contributed by atoms with van der Waals surface area (Å²) in [5.41, 5.74) is 1.11. The standard InChI is InChI=1S/C16H14FNO3/c1-2-18-15(19)11-5-3-4-10(8-11)14-9-12(17)6-7-13(14)16(20)21/h3-9H,2H2,1H3,(H,18,19)(H,20,21). The van der Waals surface area contributed by atoms with Gasteiger partial charge in [0.25, 0.3) is 5.91 Å². The maximum Gasteiger partial charge on any atom is 0.336 e. The molecule has 0 heterocycles. The Morgan fingerprint density at radius 2 is 1.95 bits per heavy atom. The minimum Gasteiger partial charge on any atom is -0.478 e. The van der Waals surface area contributed by atoms with Crippen molar-refractivity contribution in [3.8, 4) is 11.1 Å². The van der Waals surface area contributed by atoms with Crippen LogP contribution in [-0.4, -0.2) is 23.5 Å². The summed E-state index contributed by atoms with van der Waals surface area (Å²) in [5.74, 6) is -1.93. The molecule has 5 heteroatoms. The third-order valence-electron chi connectivity index (χ3n) is 2.99. The van der Waals surface area contributed by atoms with Gasteiger partial charge in [-0.3, -0.25) is 4.79 Å². The lowest BCUT2D eigenvalue weighted by molar-refractivity contribution is 0.0697. The first-order valence-electron chi connectivity index (χ1n) is 6.44. The largest absolute Gasteiger partial charge is 0.478 e. The summed E-state index contributed by atoms with van der Waals surface area (Å²) in [6, 6.07) is 9.91. The van der Waals surface area contributed by atoms with E-state index in [4.69, 9.17) is 0 Å². The first-order valence-corrected chi connectivity index (χ1v) is 6.44. The number of benzene rings is 2. The Kier molecular flexibility index (Phi) is 4.33. The van der Waals surface area contributed by atoms with E-state index in [1.165, 1.54) is 6.07 Å². The molecule has 0 saturated carbocycles. The van der Waals surface area contributed by atoms with Gasteiger partial charge in [-0.15, -0.1) is 0 Å². The van der Waals surface area contributed by atoms with Crippen molar-refractivity contribution in [2.24, 2.45) is 0 Å². The quantitative estimate of drug-likeness (QED) is 0.908. The molecule has 0 radical (unpaired) electrons. The number of amides is 1. The highest BCUT2D eigenvalue weighted by molar-refractivity contribution is 5.98. The van der Waals surface area contributed by atoms with Crippen LogP contribution in [0, 0.1) is 5.82 Å². The number of nitrogens with one attached hydrogen (secondary N) is 1. The van der Waals surface area contributed by atoms with Crippen molar-refractivity contribution in [3.63, 3.8) is 0 Å². The third kappa shape index (κ3) is 3.25. The van der Waals surface area contributed by atoms with Crippen LogP contribution in [0.1, 0.15) is 27.6 Å². The summed E-state index contributed by atoms with van der Waals surface area (Å²) in [7, 11) is 0. The molecule has 4 nitrogen and oxygen atoms in total. The van der Waals surface area contributed by atoms with E-state index in [-0.39, 0.29) is 17.0 Å². The molecule has 2 aromatic carbocycles. The van der Waals surface area contributed by atoms with Crippen LogP contribution in [0.4, 0.5) is 4.39 Å². The number of halogens is 1. The van der Waals surface area contributed by atoms with Gasteiger partial charge in [-0.05, 0) is 48.4 Å². The molecule has 0 unspecified atom stereocenters. The maximum atomic E-state index is 13.4. The van der Waals surface area contributed by atoms with E-state index in [1.54, 1.807) is 31.2 Å². The zero-order chi connectivity index (χ0) is 15.4. The molecule has 2 aromatic rings. The Balaban J connectivity index is 2.52. The van der Waals surface area contributed by atoms with Crippen LogP contribution in [0.5, 0.6) is 0 Å². The number of carboxylic acid groups (broad SMARTS) is 1. The van der Waals surface area contributed by atoms with Crippen LogP contribution >= 0.6 is 0 Å². The van der Waals surface area contributed by atoms with Crippen LogP contribution in [-0.2, 0) is 0 Å². The average molecular weight is 287 g/mol. The SMILES string of the molecule is CCNC(=O)c1cccc(-c2cc(F)ccc2C(=O)O)c1.